The Morgan fingerprint density at radius 1 is 1.11 bits per heavy atom. The summed E-state index contributed by atoms with van der Waals surface area (Å²) in [6.07, 6.45) is 1.40. The van der Waals surface area contributed by atoms with Gasteiger partial charge in [0.05, 0.1) is 23.4 Å². The van der Waals surface area contributed by atoms with Gasteiger partial charge in [0.2, 0.25) is 0 Å². The molecule has 3 N–H and O–H groups in total. The predicted octanol–water partition coefficient (Wildman–Crippen LogP) is 5.32. The zero-order chi connectivity index (χ0) is 26.9. The number of halogens is 4. The first-order chi connectivity index (χ1) is 17.0. The lowest BCUT2D eigenvalue weighted by Crippen LogP contribution is -2.27. The van der Waals surface area contributed by atoms with Crippen LogP contribution in [0.1, 0.15) is 40.1 Å². The summed E-state index contributed by atoms with van der Waals surface area (Å²) < 4.78 is 58.1. The largest absolute Gasteiger partial charge is 0.416 e. The number of benzene rings is 1. The molecule has 0 spiro atoms. The summed E-state index contributed by atoms with van der Waals surface area (Å²) in [4.78, 5) is 29.5. The molecule has 0 radical (unpaired) electrons. The third-order valence-corrected chi connectivity index (χ3v) is 4.87. The van der Waals surface area contributed by atoms with Gasteiger partial charge >= 0.3 is 6.18 Å². The van der Waals surface area contributed by atoms with Crippen LogP contribution in [0.2, 0.25) is 0 Å². The van der Waals surface area contributed by atoms with Crippen molar-refractivity contribution in [2.75, 3.05) is 30.9 Å². The smallest absolute Gasteiger partial charge is 0.383 e. The van der Waals surface area contributed by atoms with E-state index in [4.69, 9.17) is 4.74 Å². The maximum absolute atomic E-state index is 13.8. The lowest BCUT2D eigenvalue weighted by atomic mass is 10.1. The van der Waals surface area contributed by atoms with E-state index in [9.17, 15) is 27.2 Å². The number of methoxy groups -OCH3 is 1. The Balaban J connectivity index is 2.49. The predicted molar refractivity (Wildman–Crippen MR) is 129 cm³/mol. The first-order valence-electron chi connectivity index (χ1n) is 10.7. The Hall–Kier alpha value is -3.99. The van der Waals surface area contributed by atoms with Crippen LogP contribution >= 0.6 is 0 Å². The number of hydrogen-bond donors (Lipinski definition) is 3. The fourth-order valence-electron chi connectivity index (χ4n) is 2.90. The van der Waals surface area contributed by atoms with Gasteiger partial charge in [-0.05, 0) is 49.8 Å². The highest BCUT2D eigenvalue weighted by Gasteiger charge is 2.32. The number of allylic oxidation sites excluding steroid dienone is 4. The Morgan fingerprint density at radius 2 is 1.83 bits per heavy atom. The van der Waals surface area contributed by atoms with Crippen LogP contribution in [-0.2, 0) is 10.9 Å². The molecule has 0 bridgehead atoms. The van der Waals surface area contributed by atoms with Crippen LogP contribution in [0.5, 0.6) is 0 Å². The summed E-state index contributed by atoms with van der Waals surface area (Å²) in [6, 6.07) is 2.81. The van der Waals surface area contributed by atoms with Crippen molar-refractivity contribution in [2.45, 2.75) is 20.0 Å². The van der Waals surface area contributed by atoms with Gasteiger partial charge in [-0.15, -0.1) is 0 Å². The molecule has 0 unspecified atom stereocenters. The number of nitrogens with one attached hydrogen (secondary N) is 3. The van der Waals surface area contributed by atoms with Crippen molar-refractivity contribution < 1.29 is 31.9 Å². The van der Waals surface area contributed by atoms with E-state index in [1.807, 2.05) is 13.0 Å². The second-order valence-corrected chi connectivity index (χ2v) is 7.46. The van der Waals surface area contributed by atoms with E-state index in [2.05, 4.69) is 27.5 Å². The highest BCUT2D eigenvalue weighted by Crippen LogP contribution is 2.31. The minimum Gasteiger partial charge on any atom is -0.383 e. The van der Waals surface area contributed by atoms with Crippen molar-refractivity contribution in [1.29, 1.82) is 0 Å². The van der Waals surface area contributed by atoms with Crippen molar-refractivity contribution in [3.8, 4) is 0 Å². The van der Waals surface area contributed by atoms with Gasteiger partial charge in [0.25, 0.3) is 11.8 Å². The Bertz CT molecular complexity index is 1190. The van der Waals surface area contributed by atoms with Gasteiger partial charge in [-0.3, -0.25) is 9.59 Å². The highest BCUT2D eigenvalue weighted by atomic mass is 19.4. The van der Waals surface area contributed by atoms with Gasteiger partial charge in [0.15, 0.2) is 5.82 Å². The maximum atomic E-state index is 13.8. The van der Waals surface area contributed by atoms with Crippen LogP contribution in [0, 0.1) is 5.82 Å². The molecule has 0 saturated carbocycles. The first kappa shape index (κ1) is 28.2. The van der Waals surface area contributed by atoms with Crippen LogP contribution in [0.15, 0.2) is 66.5 Å². The lowest BCUT2D eigenvalue weighted by Gasteiger charge is -2.16. The van der Waals surface area contributed by atoms with E-state index >= 15 is 0 Å². The van der Waals surface area contributed by atoms with Crippen molar-refractivity contribution in [3.05, 3.63) is 89.0 Å². The van der Waals surface area contributed by atoms with Crippen molar-refractivity contribution >= 4 is 23.3 Å². The number of rotatable bonds is 10. The molecule has 2 rings (SSSR count). The Kier molecular flexibility index (Phi) is 9.92. The van der Waals surface area contributed by atoms with Gasteiger partial charge < -0.3 is 20.7 Å². The minimum absolute atomic E-state index is 0.0175. The number of anilines is 2. The summed E-state index contributed by atoms with van der Waals surface area (Å²) in [5, 5.41) is 8.04. The average Bonchev–Trinajstić information content (AvgIpc) is 2.83. The Labute approximate surface area is 205 Å². The second-order valence-electron chi connectivity index (χ2n) is 7.46. The molecule has 2 aromatic rings. The normalized spacial score (nSPS) is 12.2. The van der Waals surface area contributed by atoms with E-state index in [0.717, 1.165) is 5.57 Å². The third kappa shape index (κ3) is 7.77. The SMILES string of the molecule is C=C/C=C(Nc1ncc(C(=O)NCCOC)cc1NC(=O)c1cc(F)cc(C(F)(F)F)c1)\C(C)=C/C. The van der Waals surface area contributed by atoms with Crippen molar-refractivity contribution in [2.24, 2.45) is 0 Å². The summed E-state index contributed by atoms with van der Waals surface area (Å²) in [5.41, 5.74) is -0.450. The maximum Gasteiger partial charge on any atom is 0.416 e. The molecule has 1 aromatic heterocycles. The number of aromatic nitrogens is 1. The lowest BCUT2D eigenvalue weighted by molar-refractivity contribution is -0.137. The van der Waals surface area contributed by atoms with Crippen LogP contribution in [-0.4, -0.2) is 37.1 Å². The molecule has 2 amide bonds. The summed E-state index contributed by atoms with van der Waals surface area (Å²) in [7, 11) is 1.47. The van der Waals surface area contributed by atoms with Gasteiger partial charge in [-0.25, -0.2) is 9.37 Å². The minimum atomic E-state index is -4.85. The molecule has 0 fully saturated rings. The molecule has 1 heterocycles. The van der Waals surface area contributed by atoms with Gasteiger partial charge in [0.1, 0.15) is 5.82 Å². The molecular weight excluding hydrogens is 480 g/mol. The number of ether oxygens (including phenoxy) is 1. The number of alkyl halides is 3. The van der Waals surface area contributed by atoms with Crippen LogP contribution in [0.4, 0.5) is 29.1 Å². The molecule has 192 valence electrons. The summed E-state index contributed by atoms with van der Waals surface area (Å²) in [6.45, 7) is 7.75. The molecule has 0 saturated heterocycles. The number of amides is 2. The quantitative estimate of drug-likeness (QED) is 0.231. The van der Waals surface area contributed by atoms with E-state index < -0.39 is 34.9 Å². The van der Waals surface area contributed by atoms with Crippen molar-refractivity contribution in [1.82, 2.24) is 10.3 Å². The molecule has 1 aromatic carbocycles. The van der Waals surface area contributed by atoms with Gasteiger partial charge in [-0.2, -0.15) is 13.2 Å². The summed E-state index contributed by atoms with van der Waals surface area (Å²) >= 11 is 0. The zero-order valence-electron chi connectivity index (χ0n) is 19.9. The van der Waals surface area contributed by atoms with Crippen LogP contribution in [0.25, 0.3) is 0 Å². The molecule has 0 aliphatic carbocycles. The number of hydrogen-bond acceptors (Lipinski definition) is 5. The highest BCUT2D eigenvalue weighted by molar-refractivity contribution is 6.06. The number of nitrogens with zero attached hydrogens (tertiary/aromatic N) is 1. The molecule has 7 nitrogen and oxygen atoms in total. The van der Waals surface area contributed by atoms with Crippen molar-refractivity contribution in [3.63, 3.8) is 0 Å². The number of carbonyl (C=O) groups excluding carboxylic acids is 2. The van der Waals surface area contributed by atoms with Gasteiger partial charge in [-0.1, -0.05) is 18.7 Å². The fraction of sp³-hybridized carbons (Fsp3) is 0.240. The third-order valence-electron chi connectivity index (χ3n) is 4.87. The fourth-order valence-corrected chi connectivity index (χ4v) is 2.90. The standard InChI is InChI=1S/C25H26F4N4O3/c1-5-7-20(15(3)6-2)32-22-21(12-17(14-31-22)23(34)30-8-9-36-4)33-24(35)16-10-18(25(27,28)29)13-19(26)11-16/h5-7,10-14H,1,8-9H2,2-4H3,(H,30,34)(H,31,32)(H,33,35)/b15-6-,20-7+. The molecule has 36 heavy (non-hydrogen) atoms. The molecule has 0 atom stereocenters. The monoisotopic (exact) mass is 506 g/mol. The number of pyridine rings is 1. The first-order valence-corrected chi connectivity index (χ1v) is 10.7. The van der Waals surface area contributed by atoms with Gasteiger partial charge in [0, 0.05) is 31.1 Å². The van der Waals surface area contributed by atoms with E-state index in [1.165, 1.54) is 25.4 Å². The van der Waals surface area contributed by atoms with E-state index in [1.54, 1.807) is 13.0 Å². The Morgan fingerprint density at radius 3 is 2.44 bits per heavy atom. The van der Waals surface area contributed by atoms with Crippen LogP contribution in [0.3, 0.4) is 0 Å². The summed E-state index contributed by atoms with van der Waals surface area (Å²) in [5.74, 6) is -2.67. The zero-order valence-corrected chi connectivity index (χ0v) is 19.9. The van der Waals surface area contributed by atoms with E-state index in [0.29, 0.717) is 23.9 Å². The van der Waals surface area contributed by atoms with Crippen LogP contribution < -0.4 is 16.0 Å². The average molecular weight is 507 g/mol. The number of carbonyl (C=O) groups is 2. The van der Waals surface area contributed by atoms with E-state index in [-0.39, 0.29) is 30.2 Å². The molecular formula is C25H26F4N4O3. The molecule has 0 aliphatic rings. The second kappa shape index (κ2) is 12.6. The molecule has 11 heteroatoms. The molecule has 0 aliphatic heterocycles. The topological polar surface area (TPSA) is 92.3 Å².